The third-order valence-corrected chi connectivity index (χ3v) is 3.43. The van der Waals surface area contributed by atoms with E-state index in [0.29, 0.717) is 5.02 Å². The van der Waals surface area contributed by atoms with E-state index >= 15 is 0 Å². The topological polar surface area (TPSA) is 0 Å². The summed E-state index contributed by atoms with van der Waals surface area (Å²) in [4.78, 5) is 0. The lowest BCUT2D eigenvalue weighted by molar-refractivity contribution is 1.04. The first-order valence-electron chi connectivity index (χ1n) is 4.80. The van der Waals surface area contributed by atoms with Gasteiger partial charge in [-0.05, 0) is 23.3 Å². The first kappa shape index (κ1) is 11.8. The Hall–Kier alpha value is -0.690. The maximum atomic E-state index is 6.37. The molecule has 3 heteroatoms. The zero-order valence-electron chi connectivity index (χ0n) is 8.33. The number of rotatable bonds is 2. The molecule has 0 saturated heterocycles. The molecule has 0 aliphatic rings. The van der Waals surface area contributed by atoms with Crippen molar-refractivity contribution in [2.75, 3.05) is 0 Å². The van der Waals surface area contributed by atoms with Crippen LogP contribution in [0.2, 0.25) is 5.02 Å². The molecule has 0 radical (unpaired) electrons. The third kappa shape index (κ3) is 2.35. The Balaban J connectivity index is 2.47. The molecule has 0 aliphatic carbocycles. The van der Waals surface area contributed by atoms with Crippen molar-refractivity contribution in [3.63, 3.8) is 0 Å². The van der Waals surface area contributed by atoms with Gasteiger partial charge in [-0.2, -0.15) is 0 Å². The summed E-state index contributed by atoms with van der Waals surface area (Å²) >= 11 is 18.7. The third-order valence-electron chi connectivity index (χ3n) is 2.32. The Morgan fingerprint density at radius 3 is 2.00 bits per heavy atom. The van der Waals surface area contributed by atoms with Crippen LogP contribution in [0.5, 0.6) is 0 Å². The van der Waals surface area contributed by atoms with Crippen molar-refractivity contribution in [1.82, 2.24) is 0 Å². The van der Waals surface area contributed by atoms with Crippen molar-refractivity contribution in [3.05, 3.63) is 70.7 Å². The summed E-state index contributed by atoms with van der Waals surface area (Å²) in [7, 11) is 0. The predicted octanol–water partition coefficient (Wildman–Crippen LogP) is 5.02. The van der Waals surface area contributed by atoms with E-state index < -0.39 is 4.33 Å². The summed E-state index contributed by atoms with van der Waals surface area (Å²) in [6.07, 6.45) is 0. The molecule has 82 valence electrons. The van der Waals surface area contributed by atoms with Crippen LogP contribution in [0.3, 0.4) is 0 Å². The van der Waals surface area contributed by atoms with E-state index in [9.17, 15) is 0 Å². The molecule has 16 heavy (non-hydrogen) atoms. The van der Waals surface area contributed by atoms with E-state index in [0.717, 1.165) is 11.1 Å². The van der Waals surface area contributed by atoms with Gasteiger partial charge < -0.3 is 0 Å². The van der Waals surface area contributed by atoms with Gasteiger partial charge in [0.05, 0.1) is 0 Å². The molecule has 0 aromatic heterocycles. The lowest BCUT2D eigenvalue weighted by atomic mass is 10.0. The summed E-state index contributed by atoms with van der Waals surface area (Å²) in [5.41, 5.74) is 1.61. The van der Waals surface area contributed by atoms with Crippen LogP contribution in [-0.2, 0) is 4.33 Å². The second-order valence-corrected chi connectivity index (χ2v) is 5.21. The van der Waals surface area contributed by atoms with Gasteiger partial charge in [-0.1, -0.05) is 77.3 Å². The molecule has 2 aromatic carbocycles. The van der Waals surface area contributed by atoms with Gasteiger partial charge in [-0.15, -0.1) is 0 Å². The number of alkyl halides is 2. The van der Waals surface area contributed by atoms with Gasteiger partial charge in [0.1, 0.15) is 0 Å². The molecule has 0 aliphatic heterocycles. The van der Waals surface area contributed by atoms with Crippen LogP contribution < -0.4 is 0 Å². The van der Waals surface area contributed by atoms with Gasteiger partial charge in [0.25, 0.3) is 0 Å². The van der Waals surface area contributed by atoms with Crippen LogP contribution in [0.25, 0.3) is 0 Å². The van der Waals surface area contributed by atoms with Crippen molar-refractivity contribution in [3.8, 4) is 0 Å². The molecule has 0 amide bonds. The minimum absolute atomic E-state index is 0.624. The van der Waals surface area contributed by atoms with Crippen molar-refractivity contribution >= 4 is 34.8 Å². The van der Waals surface area contributed by atoms with E-state index in [1.165, 1.54) is 0 Å². The van der Waals surface area contributed by atoms with Crippen LogP contribution in [-0.4, -0.2) is 0 Å². The molecular weight excluding hydrogens is 263 g/mol. The Labute approximate surface area is 110 Å². The second-order valence-electron chi connectivity index (χ2n) is 3.45. The Bertz CT molecular complexity index is 478. The highest BCUT2D eigenvalue weighted by Crippen LogP contribution is 2.41. The maximum Gasteiger partial charge on any atom is 0.168 e. The highest BCUT2D eigenvalue weighted by molar-refractivity contribution is 6.50. The van der Waals surface area contributed by atoms with Crippen LogP contribution >= 0.6 is 34.8 Å². The van der Waals surface area contributed by atoms with E-state index in [-0.39, 0.29) is 0 Å². The molecule has 0 bridgehead atoms. The fourth-order valence-corrected chi connectivity index (χ4v) is 2.18. The molecule has 0 N–H and O–H groups in total. The van der Waals surface area contributed by atoms with E-state index in [1.807, 2.05) is 42.5 Å². The van der Waals surface area contributed by atoms with Crippen LogP contribution in [0.1, 0.15) is 11.1 Å². The molecule has 0 fully saturated rings. The molecular formula is C13H9Cl3. The number of hydrogen-bond donors (Lipinski definition) is 0. The van der Waals surface area contributed by atoms with Crippen LogP contribution in [0.4, 0.5) is 0 Å². The number of hydrogen-bond acceptors (Lipinski definition) is 0. The van der Waals surface area contributed by atoms with E-state index in [4.69, 9.17) is 34.8 Å². The van der Waals surface area contributed by atoms with E-state index in [1.54, 1.807) is 12.1 Å². The van der Waals surface area contributed by atoms with E-state index in [2.05, 4.69) is 0 Å². The molecule has 2 aromatic rings. The summed E-state index contributed by atoms with van der Waals surface area (Å²) in [5, 5.41) is 0.624. The SMILES string of the molecule is Clc1cccc(C(Cl)(Cl)c2ccccc2)c1. The molecule has 2 rings (SSSR count). The summed E-state index contributed by atoms with van der Waals surface area (Å²) in [6.45, 7) is 0. The number of benzene rings is 2. The lowest BCUT2D eigenvalue weighted by Gasteiger charge is -2.20. The molecule has 0 spiro atoms. The largest absolute Gasteiger partial charge is 0.168 e. The summed E-state index contributed by atoms with van der Waals surface area (Å²) < 4.78 is -1.06. The van der Waals surface area contributed by atoms with Crippen molar-refractivity contribution in [2.24, 2.45) is 0 Å². The second kappa shape index (κ2) is 4.67. The summed E-state index contributed by atoms with van der Waals surface area (Å²) in [6, 6.07) is 16.8. The van der Waals surface area contributed by atoms with Crippen molar-refractivity contribution < 1.29 is 0 Å². The van der Waals surface area contributed by atoms with Crippen molar-refractivity contribution in [2.45, 2.75) is 4.33 Å². The highest BCUT2D eigenvalue weighted by Gasteiger charge is 2.28. The zero-order valence-corrected chi connectivity index (χ0v) is 10.6. The highest BCUT2D eigenvalue weighted by atomic mass is 35.5. The molecule has 0 nitrogen and oxygen atoms in total. The molecule has 0 atom stereocenters. The lowest BCUT2D eigenvalue weighted by Crippen LogP contribution is -2.11. The maximum absolute atomic E-state index is 6.37. The minimum atomic E-state index is -1.06. The fraction of sp³-hybridized carbons (Fsp3) is 0.0769. The minimum Gasteiger partial charge on any atom is -0.0909 e. The van der Waals surface area contributed by atoms with Crippen LogP contribution in [0, 0.1) is 0 Å². The summed E-state index contributed by atoms with van der Waals surface area (Å²) in [5.74, 6) is 0. The van der Waals surface area contributed by atoms with Gasteiger partial charge in [-0.3, -0.25) is 0 Å². The first-order valence-corrected chi connectivity index (χ1v) is 5.93. The molecule has 0 heterocycles. The average Bonchev–Trinajstić information content (AvgIpc) is 2.30. The average molecular weight is 272 g/mol. The Kier molecular flexibility index (Phi) is 3.44. The van der Waals surface area contributed by atoms with Crippen molar-refractivity contribution in [1.29, 1.82) is 0 Å². The first-order chi connectivity index (χ1) is 7.60. The van der Waals surface area contributed by atoms with Gasteiger partial charge in [0.2, 0.25) is 0 Å². The number of halogens is 3. The van der Waals surface area contributed by atoms with Gasteiger partial charge in [0.15, 0.2) is 4.33 Å². The Morgan fingerprint density at radius 1 is 0.750 bits per heavy atom. The Morgan fingerprint density at radius 2 is 1.38 bits per heavy atom. The standard InChI is InChI=1S/C13H9Cl3/c14-12-8-4-7-11(9-12)13(15,16)10-5-2-1-3-6-10/h1-9H. The smallest absolute Gasteiger partial charge is 0.0909 e. The zero-order chi connectivity index (χ0) is 11.6. The van der Waals surface area contributed by atoms with Gasteiger partial charge in [0, 0.05) is 5.02 Å². The fourth-order valence-electron chi connectivity index (χ4n) is 1.50. The van der Waals surface area contributed by atoms with Crippen LogP contribution in [0.15, 0.2) is 54.6 Å². The normalized spacial score (nSPS) is 11.4. The molecule has 0 saturated carbocycles. The van der Waals surface area contributed by atoms with Gasteiger partial charge in [-0.25, -0.2) is 0 Å². The van der Waals surface area contributed by atoms with Gasteiger partial charge >= 0.3 is 0 Å². The monoisotopic (exact) mass is 270 g/mol. The predicted molar refractivity (Wildman–Crippen MR) is 70.4 cm³/mol. The molecule has 0 unspecified atom stereocenters. The quantitative estimate of drug-likeness (QED) is 0.673.